The van der Waals surface area contributed by atoms with Gasteiger partial charge in [0.2, 0.25) is 11.8 Å². The summed E-state index contributed by atoms with van der Waals surface area (Å²) in [6, 6.07) is -0.967. The lowest BCUT2D eigenvalue weighted by atomic mass is 9.79. The van der Waals surface area contributed by atoms with E-state index < -0.39 is 23.5 Å². The number of ketones is 1. The highest BCUT2D eigenvalue weighted by Gasteiger charge is 2.55. The van der Waals surface area contributed by atoms with Gasteiger partial charge in [0.25, 0.3) is 5.91 Å². The molecule has 138 valence electrons. The van der Waals surface area contributed by atoms with Crippen molar-refractivity contribution in [2.45, 2.75) is 63.1 Å². The molecule has 3 atom stereocenters. The van der Waals surface area contributed by atoms with E-state index in [2.05, 4.69) is 0 Å². The molecule has 3 rings (SSSR count). The number of primary amides is 1. The molecule has 3 fully saturated rings. The summed E-state index contributed by atoms with van der Waals surface area (Å²) in [4.78, 5) is 51.5. The third-order valence-electron chi connectivity index (χ3n) is 5.86. The van der Waals surface area contributed by atoms with Gasteiger partial charge in [0, 0.05) is 18.9 Å². The first-order valence-corrected chi connectivity index (χ1v) is 8.89. The monoisotopic (exact) mass is 351 g/mol. The molecule has 0 aromatic heterocycles. The van der Waals surface area contributed by atoms with Crippen LogP contribution in [0.2, 0.25) is 0 Å². The Bertz CT molecular complexity index is 615. The molecular formula is C17H25N3O5. The number of rotatable bonds is 5. The number of hydrogen-bond acceptors (Lipinski definition) is 5. The second-order valence-electron chi connectivity index (χ2n) is 7.51. The Kier molecular flexibility index (Phi) is 4.57. The van der Waals surface area contributed by atoms with Gasteiger partial charge in [0.15, 0.2) is 5.78 Å². The molecule has 0 radical (unpaired) electrons. The SMILES string of the molecule is CC(CCC(=O)N1CCC2C1C(=O)CN2C(=O)C1(O)CCC1)C(N)=O. The predicted octanol–water partition coefficient (Wildman–Crippen LogP) is -0.816. The summed E-state index contributed by atoms with van der Waals surface area (Å²) in [7, 11) is 0. The molecule has 0 aromatic rings. The van der Waals surface area contributed by atoms with Gasteiger partial charge in [-0.25, -0.2) is 0 Å². The number of likely N-dealkylation sites (tertiary alicyclic amines) is 2. The average molecular weight is 351 g/mol. The van der Waals surface area contributed by atoms with Crippen molar-refractivity contribution >= 4 is 23.5 Å². The number of Topliss-reactive ketones (excluding diaryl/α,β-unsaturated/α-hetero) is 1. The van der Waals surface area contributed by atoms with Crippen LogP contribution < -0.4 is 5.73 Å². The highest BCUT2D eigenvalue weighted by Crippen LogP contribution is 2.38. The smallest absolute Gasteiger partial charge is 0.255 e. The molecule has 2 aliphatic heterocycles. The van der Waals surface area contributed by atoms with Crippen LogP contribution in [-0.4, -0.2) is 69.2 Å². The largest absolute Gasteiger partial charge is 0.380 e. The number of aliphatic hydroxyl groups is 1. The number of carbonyl (C=O) groups is 4. The van der Waals surface area contributed by atoms with Gasteiger partial charge >= 0.3 is 0 Å². The van der Waals surface area contributed by atoms with E-state index in [-0.39, 0.29) is 36.6 Å². The van der Waals surface area contributed by atoms with E-state index in [1.165, 1.54) is 9.80 Å². The van der Waals surface area contributed by atoms with Crippen molar-refractivity contribution in [1.82, 2.24) is 9.80 Å². The zero-order chi connectivity index (χ0) is 18.4. The molecule has 3 aliphatic rings. The van der Waals surface area contributed by atoms with E-state index in [0.717, 1.165) is 6.42 Å². The lowest BCUT2D eigenvalue weighted by Crippen LogP contribution is -2.55. The molecule has 8 nitrogen and oxygen atoms in total. The second-order valence-corrected chi connectivity index (χ2v) is 7.51. The van der Waals surface area contributed by atoms with Crippen LogP contribution in [0.4, 0.5) is 0 Å². The third-order valence-corrected chi connectivity index (χ3v) is 5.86. The van der Waals surface area contributed by atoms with Crippen molar-refractivity contribution in [2.24, 2.45) is 11.7 Å². The van der Waals surface area contributed by atoms with Gasteiger partial charge in [-0.3, -0.25) is 19.2 Å². The summed E-state index contributed by atoms with van der Waals surface area (Å²) in [5.74, 6) is -1.57. The molecule has 2 heterocycles. The van der Waals surface area contributed by atoms with Crippen LogP contribution in [0.3, 0.4) is 0 Å². The summed E-state index contributed by atoms with van der Waals surface area (Å²) in [6.45, 7) is 2.04. The number of nitrogens with two attached hydrogens (primary N) is 1. The standard InChI is InChI=1S/C17H25N3O5/c1-10(15(18)23)3-4-13(22)19-8-5-11-14(19)12(21)9-20(11)16(24)17(25)6-2-7-17/h10-11,14,25H,2-9H2,1H3,(H2,18,23). The highest BCUT2D eigenvalue weighted by molar-refractivity contribution is 5.99. The van der Waals surface area contributed by atoms with Crippen molar-refractivity contribution in [3.8, 4) is 0 Å². The normalized spacial score (nSPS) is 28.5. The fraction of sp³-hybridized carbons (Fsp3) is 0.765. The van der Waals surface area contributed by atoms with Crippen LogP contribution in [0, 0.1) is 5.92 Å². The first kappa shape index (κ1) is 17.8. The van der Waals surface area contributed by atoms with Crippen molar-refractivity contribution in [3.63, 3.8) is 0 Å². The summed E-state index contributed by atoms with van der Waals surface area (Å²) < 4.78 is 0. The minimum absolute atomic E-state index is 0.0437. The van der Waals surface area contributed by atoms with Gasteiger partial charge in [-0.1, -0.05) is 6.92 Å². The van der Waals surface area contributed by atoms with Gasteiger partial charge < -0.3 is 20.6 Å². The second kappa shape index (κ2) is 6.40. The minimum atomic E-state index is -1.33. The Morgan fingerprint density at radius 3 is 2.56 bits per heavy atom. The van der Waals surface area contributed by atoms with Crippen molar-refractivity contribution in [3.05, 3.63) is 0 Å². The van der Waals surface area contributed by atoms with E-state index in [1.807, 2.05) is 0 Å². The number of carbonyl (C=O) groups excluding carboxylic acids is 4. The van der Waals surface area contributed by atoms with E-state index in [4.69, 9.17) is 5.73 Å². The van der Waals surface area contributed by atoms with Crippen molar-refractivity contribution in [1.29, 1.82) is 0 Å². The molecule has 3 unspecified atom stereocenters. The predicted molar refractivity (Wildman–Crippen MR) is 87.0 cm³/mol. The molecule has 1 aliphatic carbocycles. The van der Waals surface area contributed by atoms with E-state index in [9.17, 15) is 24.3 Å². The topological polar surface area (TPSA) is 121 Å². The first-order chi connectivity index (χ1) is 11.7. The van der Waals surface area contributed by atoms with Crippen LogP contribution in [0.1, 0.15) is 45.4 Å². The molecule has 3 N–H and O–H groups in total. The highest BCUT2D eigenvalue weighted by atomic mass is 16.3. The van der Waals surface area contributed by atoms with Crippen molar-refractivity contribution < 1.29 is 24.3 Å². The zero-order valence-corrected chi connectivity index (χ0v) is 14.4. The first-order valence-electron chi connectivity index (χ1n) is 8.89. The van der Waals surface area contributed by atoms with Crippen LogP contribution in [0.5, 0.6) is 0 Å². The number of amides is 3. The Labute approximate surface area is 146 Å². The summed E-state index contributed by atoms with van der Waals surface area (Å²) in [5.41, 5.74) is 3.88. The fourth-order valence-corrected chi connectivity index (χ4v) is 3.99. The molecule has 0 spiro atoms. The van der Waals surface area contributed by atoms with Gasteiger partial charge in [0.1, 0.15) is 11.6 Å². The van der Waals surface area contributed by atoms with E-state index in [1.54, 1.807) is 6.92 Å². The lowest BCUT2D eigenvalue weighted by molar-refractivity contribution is -0.161. The van der Waals surface area contributed by atoms with Crippen LogP contribution in [0.15, 0.2) is 0 Å². The molecule has 8 heteroatoms. The lowest BCUT2D eigenvalue weighted by Gasteiger charge is -2.39. The average Bonchev–Trinajstić information content (AvgIpc) is 3.10. The van der Waals surface area contributed by atoms with Crippen molar-refractivity contribution in [2.75, 3.05) is 13.1 Å². The molecule has 2 saturated heterocycles. The quantitative estimate of drug-likeness (QED) is 0.671. The maximum atomic E-state index is 12.6. The van der Waals surface area contributed by atoms with E-state index in [0.29, 0.717) is 32.2 Å². The maximum Gasteiger partial charge on any atom is 0.255 e. The van der Waals surface area contributed by atoms with Gasteiger partial charge in [-0.05, 0) is 32.1 Å². The molecule has 3 amide bonds. The molecular weight excluding hydrogens is 326 g/mol. The molecule has 0 aromatic carbocycles. The summed E-state index contributed by atoms with van der Waals surface area (Å²) in [5, 5.41) is 10.3. The minimum Gasteiger partial charge on any atom is -0.380 e. The Balaban J connectivity index is 1.65. The molecule has 25 heavy (non-hydrogen) atoms. The maximum absolute atomic E-state index is 12.6. The van der Waals surface area contributed by atoms with Crippen LogP contribution >= 0.6 is 0 Å². The zero-order valence-electron chi connectivity index (χ0n) is 14.4. The number of fused-ring (bicyclic) bond motifs is 1. The van der Waals surface area contributed by atoms with E-state index >= 15 is 0 Å². The Hall–Kier alpha value is -1.96. The van der Waals surface area contributed by atoms with Gasteiger partial charge in [-0.2, -0.15) is 0 Å². The van der Waals surface area contributed by atoms with Gasteiger partial charge in [0.05, 0.1) is 12.6 Å². The molecule has 1 saturated carbocycles. The Morgan fingerprint density at radius 1 is 1.32 bits per heavy atom. The molecule has 0 bridgehead atoms. The fourth-order valence-electron chi connectivity index (χ4n) is 3.99. The Morgan fingerprint density at radius 2 is 2.00 bits per heavy atom. The number of nitrogens with zero attached hydrogens (tertiary/aromatic N) is 2. The third kappa shape index (κ3) is 3.03. The number of hydrogen-bond donors (Lipinski definition) is 2. The van der Waals surface area contributed by atoms with Crippen LogP contribution in [0.25, 0.3) is 0 Å². The van der Waals surface area contributed by atoms with Gasteiger partial charge in [-0.15, -0.1) is 0 Å². The summed E-state index contributed by atoms with van der Waals surface area (Å²) in [6.07, 6.45) is 2.70. The van der Waals surface area contributed by atoms with Crippen LogP contribution in [-0.2, 0) is 19.2 Å². The summed E-state index contributed by atoms with van der Waals surface area (Å²) >= 11 is 0.